The molecule has 2 rings (SSSR count). The van der Waals surface area contributed by atoms with Gasteiger partial charge in [0.1, 0.15) is 6.54 Å². The number of carboxylic acid groups (broad SMARTS) is 1. The molecule has 0 radical (unpaired) electrons. The Balaban J connectivity index is 2.09. The predicted molar refractivity (Wildman–Crippen MR) is 80.4 cm³/mol. The van der Waals surface area contributed by atoms with E-state index < -0.39 is 5.97 Å². The van der Waals surface area contributed by atoms with E-state index in [4.69, 9.17) is 16.7 Å². The van der Waals surface area contributed by atoms with Gasteiger partial charge in [0, 0.05) is 18.1 Å². The fraction of sp³-hybridized carbons (Fsp3) is 0.467. The van der Waals surface area contributed by atoms with E-state index in [1.54, 1.807) is 24.1 Å². The monoisotopic (exact) mass is 310 g/mol. The van der Waals surface area contributed by atoms with Crippen LogP contribution in [0.15, 0.2) is 24.3 Å². The van der Waals surface area contributed by atoms with Crippen LogP contribution in [0.25, 0.3) is 0 Å². The lowest BCUT2D eigenvalue weighted by molar-refractivity contribution is -0.137. The van der Waals surface area contributed by atoms with E-state index in [2.05, 4.69) is 0 Å². The van der Waals surface area contributed by atoms with Crippen LogP contribution >= 0.6 is 11.6 Å². The summed E-state index contributed by atoms with van der Waals surface area (Å²) >= 11 is 5.86. The van der Waals surface area contributed by atoms with Crippen molar-refractivity contribution in [2.75, 3.05) is 13.6 Å². The Morgan fingerprint density at radius 3 is 2.38 bits per heavy atom. The lowest BCUT2D eigenvalue weighted by Gasteiger charge is -2.31. The van der Waals surface area contributed by atoms with Crippen molar-refractivity contribution in [1.29, 1.82) is 0 Å². The van der Waals surface area contributed by atoms with Gasteiger partial charge < -0.3 is 14.9 Å². The number of benzene rings is 1. The van der Waals surface area contributed by atoms with Crippen LogP contribution in [-0.2, 0) is 4.79 Å². The highest BCUT2D eigenvalue weighted by atomic mass is 35.5. The van der Waals surface area contributed by atoms with Gasteiger partial charge in [-0.1, -0.05) is 23.7 Å². The van der Waals surface area contributed by atoms with E-state index in [0.717, 1.165) is 18.4 Å². The van der Waals surface area contributed by atoms with Gasteiger partial charge in [-0.25, -0.2) is 4.79 Å². The van der Waals surface area contributed by atoms with Crippen molar-refractivity contribution in [3.8, 4) is 0 Å². The van der Waals surface area contributed by atoms with Gasteiger partial charge >= 0.3 is 12.0 Å². The van der Waals surface area contributed by atoms with Crippen LogP contribution in [0.3, 0.4) is 0 Å². The van der Waals surface area contributed by atoms with Gasteiger partial charge in [0.05, 0.1) is 6.04 Å². The van der Waals surface area contributed by atoms with Crippen molar-refractivity contribution in [1.82, 2.24) is 9.80 Å². The summed E-state index contributed by atoms with van der Waals surface area (Å²) < 4.78 is 0. The molecule has 1 unspecified atom stereocenters. The molecule has 114 valence electrons. The number of carboxylic acids is 1. The summed E-state index contributed by atoms with van der Waals surface area (Å²) in [5.74, 6) is -0.984. The molecule has 1 saturated carbocycles. The molecule has 2 amide bonds. The highest BCUT2D eigenvalue weighted by Crippen LogP contribution is 2.29. The van der Waals surface area contributed by atoms with Crippen LogP contribution in [-0.4, -0.2) is 46.5 Å². The van der Waals surface area contributed by atoms with E-state index in [-0.39, 0.29) is 24.7 Å². The smallest absolute Gasteiger partial charge is 0.323 e. The molecule has 6 heteroatoms. The molecule has 1 fully saturated rings. The van der Waals surface area contributed by atoms with Crippen molar-refractivity contribution in [3.05, 3.63) is 34.9 Å². The Morgan fingerprint density at radius 2 is 1.90 bits per heavy atom. The average Bonchev–Trinajstić information content (AvgIpc) is 3.27. The molecule has 0 bridgehead atoms. The van der Waals surface area contributed by atoms with Gasteiger partial charge in [0.15, 0.2) is 0 Å². The zero-order valence-electron chi connectivity index (χ0n) is 12.1. The standard InChI is InChI=1S/C15H19ClN2O3/c1-10(11-3-5-12(16)6-4-11)17(2)15(21)18(9-14(19)20)13-7-8-13/h3-6,10,13H,7-9H2,1-2H3,(H,19,20). The Labute approximate surface area is 129 Å². The molecule has 1 aliphatic carbocycles. The van der Waals surface area contributed by atoms with Crippen molar-refractivity contribution in [3.63, 3.8) is 0 Å². The maximum Gasteiger partial charge on any atom is 0.323 e. The van der Waals surface area contributed by atoms with Gasteiger partial charge in [0.2, 0.25) is 0 Å². The molecule has 1 N–H and O–H groups in total. The molecule has 1 aromatic rings. The molecule has 5 nitrogen and oxygen atoms in total. The fourth-order valence-corrected chi connectivity index (χ4v) is 2.34. The third-order valence-electron chi connectivity index (χ3n) is 3.77. The predicted octanol–water partition coefficient (Wildman–Crippen LogP) is 3.00. The minimum Gasteiger partial charge on any atom is -0.480 e. The third-order valence-corrected chi connectivity index (χ3v) is 4.03. The minimum absolute atomic E-state index is 0.0634. The maximum absolute atomic E-state index is 12.5. The quantitative estimate of drug-likeness (QED) is 0.909. The largest absolute Gasteiger partial charge is 0.480 e. The molecular weight excluding hydrogens is 292 g/mol. The summed E-state index contributed by atoms with van der Waals surface area (Å²) in [5, 5.41) is 9.59. The molecule has 1 atom stereocenters. The normalized spacial score (nSPS) is 15.4. The highest BCUT2D eigenvalue weighted by molar-refractivity contribution is 6.30. The Kier molecular flexibility index (Phi) is 4.73. The van der Waals surface area contributed by atoms with E-state index in [1.165, 1.54) is 4.90 Å². The van der Waals surface area contributed by atoms with Gasteiger partial charge in [-0.3, -0.25) is 4.79 Å². The summed E-state index contributed by atoms with van der Waals surface area (Å²) in [4.78, 5) is 26.4. The Bertz CT molecular complexity index is 528. The number of amides is 2. The van der Waals surface area contributed by atoms with E-state index in [1.807, 2.05) is 19.1 Å². The number of halogens is 1. The number of carbonyl (C=O) groups excluding carboxylic acids is 1. The number of urea groups is 1. The molecule has 0 spiro atoms. The minimum atomic E-state index is -0.984. The van der Waals surface area contributed by atoms with Gasteiger partial charge in [-0.2, -0.15) is 0 Å². The molecule has 0 heterocycles. The first-order valence-corrected chi connectivity index (χ1v) is 7.28. The molecule has 0 saturated heterocycles. The maximum atomic E-state index is 12.5. The summed E-state index contributed by atoms with van der Waals surface area (Å²) in [7, 11) is 1.69. The second-order valence-electron chi connectivity index (χ2n) is 5.37. The zero-order valence-corrected chi connectivity index (χ0v) is 12.9. The van der Waals surface area contributed by atoms with Crippen molar-refractivity contribution in [2.45, 2.75) is 31.8 Å². The Morgan fingerprint density at radius 1 is 1.33 bits per heavy atom. The van der Waals surface area contributed by atoms with E-state index in [9.17, 15) is 9.59 Å². The number of hydrogen-bond acceptors (Lipinski definition) is 2. The molecule has 1 aromatic carbocycles. The van der Waals surface area contributed by atoms with Crippen LogP contribution in [0.1, 0.15) is 31.4 Å². The zero-order chi connectivity index (χ0) is 15.6. The van der Waals surface area contributed by atoms with Crippen LogP contribution < -0.4 is 0 Å². The highest BCUT2D eigenvalue weighted by Gasteiger charge is 2.36. The molecular formula is C15H19ClN2O3. The molecule has 0 aliphatic heterocycles. The Hall–Kier alpha value is -1.75. The summed E-state index contributed by atoms with van der Waals surface area (Å²) in [5.41, 5.74) is 0.960. The topological polar surface area (TPSA) is 60.9 Å². The summed E-state index contributed by atoms with van der Waals surface area (Å²) in [6, 6.07) is 6.97. The summed E-state index contributed by atoms with van der Waals surface area (Å²) in [6.45, 7) is 1.66. The van der Waals surface area contributed by atoms with Gasteiger partial charge in [-0.05, 0) is 37.5 Å². The second-order valence-corrected chi connectivity index (χ2v) is 5.81. The van der Waals surface area contributed by atoms with Gasteiger partial charge in [-0.15, -0.1) is 0 Å². The molecule has 0 aromatic heterocycles. The van der Waals surface area contributed by atoms with Crippen LogP contribution in [0.5, 0.6) is 0 Å². The van der Waals surface area contributed by atoms with Crippen LogP contribution in [0, 0.1) is 0 Å². The SMILES string of the molecule is CC(c1ccc(Cl)cc1)N(C)C(=O)N(CC(=O)O)C1CC1. The average molecular weight is 311 g/mol. The van der Waals surface area contributed by atoms with Gasteiger partial charge in [0.25, 0.3) is 0 Å². The van der Waals surface area contributed by atoms with Crippen molar-refractivity contribution >= 4 is 23.6 Å². The molecule has 21 heavy (non-hydrogen) atoms. The van der Waals surface area contributed by atoms with Crippen molar-refractivity contribution in [2.24, 2.45) is 0 Å². The lowest BCUT2D eigenvalue weighted by Crippen LogP contribution is -2.45. The van der Waals surface area contributed by atoms with E-state index in [0.29, 0.717) is 5.02 Å². The number of hydrogen-bond donors (Lipinski definition) is 1. The van der Waals surface area contributed by atoms with E-state index >= 15 is 0 Å². The van der Waals surface area contributed by atoms with Crippen LogP contribution in [0.4, 0.5) is 4.79 Å². The first kappa shape index (κ1) is 15.6. The lowest BCUT2D eigenvalue weighted by atomic mass is 10.1. The number of aliphatic carboxylic acids is 1. The first-order valence-electron chi connectivity index (χ1n) is 6.91. The van der Waals surface area contributed by atoms with Crippen molar-refractivity contribution < 1.29 is 14.7 Å². The summed E-state index contributed by atoms with van der Waals surface area (Å²) in [6.07, 6.45) is 1.75. The fourth-order valence-electron chi connectivity index (χ4n) is 2.22. The molecule has 1 aliphatic rings. The van der Waals surface area contributed by atoms with Crippen LogP contribution in [0.2, 0.25) is 5.02 Å². The first-order chi connectivity index (χ1) is 9.90. The number of nitrogens with zero attached hydrogens (tertiary/aromatic N) is 2. The second kappa shape index (κ2) is 6.35. The number of rotatable bonds is 5. The third kappa shape index (κ3) is 3.88. The number of carbonyl (C=O) groups is 2.